The zero-order valence-corrected chi connectivity index (χ0v) is 17.8. The maximum absolute atomic E-state index is 5.37. The Morgan fingerprint density at radius 1 is 0.613 bits per heavy atom. The zero-order valence-electron chi connectivity index (χ0n) is 17.8. The normalized spacial score (nSPS) is 10.4. The van der Waals surface area contributed by atoms with Gasteiger partial charge in [-0.1, -0.05) is 97.4 Å². The van der Waals surface area contributed by atoms with Gasteiger partial charge in [-0.3, -0.25) is 0 Å². The third kappa shape index (κ3) is 5.04. The number of benzene rings is 4. The Bertz CT molecular complexity index is 1050. The maximum Gasteiger partial charge on any atom is 0.116 e. The summed E-state index contributed by atoms with van der Waals surface area (Å²) in [5.41, 5.74) is 10.7. The molecule has 1 N–H and O–H groups in total. The second-order valence-electron chi connectivity index (χ2n) is 7.65. The highest BCUT2D eigenvalue weighted by atomic mass is 16.5. The van der Waals surface area contributed by atoms with Crippen LogP contribution in [0.15, 0.2) is 91.0 Å². The van der Waals surface area contributed by atoms with E-state index >= 15 is 0 Å². The molecule has 0 spiro atoms. The van der Waals surface area contributed by atoms with Crippen LogP contribution in [0.1, 0.15) is 18.6 Å². The van der Waals surface area contributed by atoms with Crippen molar-refractivity contribution in [2.75, 3.05) is 19.2 Å². The van der Waals surface area contributed by atoms with E-state index < -0.39 is 0 Å². The van der Waals surface area contributed by atoms with E-state index in [1.54, 1.807) is 7.11 Å². The van der Waals surface area contributed by atoms with E-state index in [9.17, 15) is 0 Å². The molecule has 0 heterocycles. The smallest absolute Gasteiger partial charge is 0.116 e. The van der Waals surface area contributed by atoms with Crippen LogP contribution in [-0.2, 0) is 4.74 Å². The minimum absolute atomic E-state index is 0. The van der Waals surface area contributed by atoms with Gasteiger partial charge in [-0.05, 0) is 48.2 Å². The first kappa shape index (κ1) is 22.3. The number of hydrogen-bond donors (Lipinski definition) is 1. The summed E-state index contributed by atoms with van der Waals surface area (Å²) in [4.78, 5) is 0. The molecule has 4 aromatic carbocycles. The van der Waals surface area contributed by atoms with Crippen molar-refractivity contribution in [3.8, 4) is 33.4 Å². The topological polar surface area (TPSA) is 21.3 Å². The Labute approximate surface area is 186 Å². The lowest BCUT2D eigenvalue weighted by atomic mass is 9.90. The van der Waals surface area contributed by atoms with E-state index in [-0.39, 0.29) is 7.43 Å². The average molecular weight is 410 g/mol. The molecule has 0 atom stereocenters. The molecule has 158 valence electrons. The van der Waals surface area contributed by atoms with Crippen LogP contribution in [0.4, 0.5) is 5.69 Å². The van der Waals surface area contributed by atoms with E-state index in [0.29, 0.717) is 6.73 Å². The Hall–Kier alpha value is -3.36. The summed E-state index contributed by atoms with van der Waals surface area (Å²) in [5.74, 6) is 0. The van der Waals surface area contributed by atoms with Gasteiger partial charge in [-0.15, -0.1) is 0 Å². The second kappa shape index (κ2) is 10.1. The molecule has 0 aliphatic carbocycles. The van der Waals surface area contributed by atoms with Crippen LogP contribution in [0.2, 0.25) is 0 Å². The van der Waals surface area contributed by atoms with E-state index in [0.717, 1.165) is 5.69 Å². The number of hydrogen-bond acceptors (Lipinski definition) is 2. The zero-order chi connectivity index (χ0) is 20.9. The Morgan fingerprint density at radius 3 is 1.55 bits per heavy atom. The molecule has 0 saturated heterocycles. The number of ether oxygens (including phenoxy) is 1. The number of anilines is 1. The minimum Gasteiger partial charge on any atom is -0.365 e. The lowest BCUT2D eigenvalue weighted by molar-refractivity contribution is 0.221. The average Bonchev–Trinajstić information content (AvgIpc) is 2.79. The summed E-state index contributed by atoms with van der Waals surface area (Å²) in [5, 5.41) is 3.51. The van der Waals surface area contributed by atoms with Crippen molar-refractivity contribution in [2.45, 2.75) is 21.3 Å². The highest BCUT2D eigenvalue weighted by Crippen LogP contribution is 2.41. The van der Waals surface area contributed by atoms with Gasteiger partial charge in [0.05, 0.1) is 5.69 Å². The van der Waals surface area contributed by atoms with Gasteiger partial charge in [0, 0.05) is 18.2 Å². The molecule has 0 bridgehead atoms. The molecule has 0 aromatic heterocycles. The molecule has 0 amide bonds. The van der Waals surface area contributed by atoms with Crippen LogP contribution in [0.5, 0.6) is 0 Å². The van der Waals surface area contributed by atoms with Gasteiger partial charge < -0.3 is 10.1 Å². The molecule has 0 fully saturated rings. The third-order valence-corrected chi connectivity index (χ3v) is 5.36. The van der Waals surface area contributed by atoms with Gasteiger partial charge in [0.2, 0.25) is 0 Å². The van der Waals surface area contributed by atoms with Crippen molar-refractivity contribution >= 4 is 5.69 Å². The first-order valence-electron chi connectivity index (χ1n) is 10.3. The van der Waals surface area contributed by atoms with E-state index in [4.69, 9.17) is 4.74 Å². The standard InChI is InChI=1S/C28H27NO.CH4/c1-20-9-13-23(14-10-20)26-17-25(22-7-5-4-6-8-22)18-27(28(26)29-19-30-3)24-15-11-21(2)12-16-24;/h4-18,29H,19H2,1-3H3;1H4. The lowest BCUT2D eigenvalue weighted by Gasteiger charge is -2.20. The summed E-state index contributed by atoms with van der Waals surface area (Å²) in [6.45, 7) is 4.68. The summed E-state index contributed by atoms with van der Waals surface area (Å²) < 4.78 is 5.37. The van der Waals surface area contributed by atoms with Gasteiger partial charge in [-0.25, -0.2) is 0 Å². The van der Waals surface area contributed by atoms with Crippen LogP contribution in [0, 0.1) is 13.8 Å². The predicted octanol–water partition coefficient (Wildman–Crippen LogP) is 7.96. The lowest BCUT2D eigenvalue weighted by Crippen LogP contribution is -2.06. The monoisotopic (exact) mass is 409 g/mol. The van der Waals surface area contributed by atoms with E-state index in [1.807, 2.05) is 0 Å². The molecule has 0 radical (unpaired) electrons. The molecule has 31 heavy (non-hydrogen) atoms. The van der Waals surface area contributed by atoms with Crippen LogP contribution in [0.25, 0.3) is 33.4 Å². The molecule has 0 saturated carbocycles. The van der Waals surface area contributed by atoms with Crippen molar-refractivity contribution in [3.63, 3.8) is 0 Å². The fourth-order valence-electron chi connectivity index (χ4n) is 3.70. The SMILES string of the molecule is C.COCNc1c(-c2ccc(C)cc2)cc(-c2ccccc2)cc1-c1ccc(C)cc1. The summed E-state index contributed by atoms with van der Waals surface area (Å²) >= 11 is 0. The number of rotatable bonds is 6. The van der Waals surface area contributed by atoms with Gasteiger partial charge in [0.25, 0.3) is 0 Å². The molecule has 0 aliphatic heterocycles. The van der Waals surface area contributed by atoms with Crippen LogP contribution < -0.4 is 5.32 Å². The van der Waals surface area contributed by atoms with Gasteiger partial charge in [0.15, 0.2) is 0 Å². The fraction of sp³-hybridized carbons (Fsp3) is 0.172. The van der Waals surface area contributed by atoms with Crippen LogP contribution in [0.3, 0.4) is 0 Å². The molecule has 0 unspecified atom stereocenters. The fourth-order valence-corrected chi connectivity index (χ4v) is 3.70. The molecule has 2 nitrogen and oxygen atoms in total. The van der Waals surface area contributed by atoms with Gasteiger partial charge >= 0.3 is 0 Å². The minimum atomic E-state index is 0. The highest BCUT2D eigenvalue weighted by Gasteiger charge is 2.15. The van der Waals surface area contributed by atoms with E-state index in [2.05, 4.69) is 110 Å². The molecular weight excluding hydrogens is 378 g/mol. The predicted molar refractivity (Wildman–Crippen MR) is 134 cm³/mol. The van der Waals surface area contributed by atoms with Crippen molar-refractivity contribution in [2.24, 2.45) is 0 Å². The van der Waals surface area contributed by atoms with Crippen molar-refractivity contribution in [3.05, 3.63) is 102 Å². The molecule has 4 rings (SSSR count). The Kier molecular flexibility index (Phi) is 7.28. The Morgan fingerprint density at radius 2 is 1.10 bits per heavy atom. The van der Waals surface area contributed by atoms with Crippen LogP contribution >= 0.6 is 0 Å². The maximum atomic E-state index is 5.37. The number of methoxy groups -OCH3 is 1. The molecular formula is C29H31NO. The number of nitrogens with one attached hydrogen (secondary N) is 1. The molecule has 2 heteroatoms. The van der Waals surface area contributed by atoms with Crippen LogP contribution in [-0.4, -0.2) is 13.8 Å². The second-order valence-corrected chi connectivity index (χ2v) is 7.65. The van der Waals surface area contributed by atoms with Crippen molar-refractivity contribution < 1.29 is 4.74 Å². The molecule has 0 aliphatic rings. The summed E-state index contributed by atoms with van der Waals surface area (Å²) in [6.07, 6.45) is 0. The largest absolute Gasteiger partial charge is 0.365 e. The van der Waals surface area contributed by atoms with Gasteiger partial charge in [0.1, 0.15) is 6.73 Å². The van der Waals surface area contributed by atoms with Gasteiger partial charge in [-0.2, -0.15) is 0 Å². The summed E-state index contributed by atoms with van der Waals surface area (Å²) in [7, 11) is 1.71. The first-order valence-corrected chi connectivity index (χ1v) is 10.3. The molecule has 4 aromatic rings. The third-order valence-electron chi connectivity index (χ3n) is 5.36. The van der Waals surface area contributed by atoms with Crippen molar-refractivity contribution in [1.82, 2.24) is 0 Å². The first-order chi connectivity index (χ1) is 14.7. The summed E-state index contributed by atoms with van der Waals surface area (Å²) in [6, 6.07) is 32.5. The quantitative estimate of drug-likeness (QED) is 0.326. The van der Waals surface area contributed by atoms with E-state index in [1.165, 1.54) is 44.5 Å². The number of aryl methyl sites for hydroxylation is 2. The van der Waals surface area contributed by atoms with Crippen molar-refractivity contribution in [1.29, 1.82) is 0 Å². The highest BCUT2D eigenvalue weighted by molar-refractivity contribution is 5.94. The Balaban J connectivity index is 0.00000272.